The Kier molecular flexibility index (Phi) is 5.46. The van der Waals surface area contributed by atoms with E-state index in [1.54, 1.807) is 21.0 Å². The van der Waals surface area contributed by atoms with Gasteiger partial charge in [-0.1, -0.05) is 25.5 Å². The largest absolute Gasteiger partial charge is 0.392 e. The zero-order chi connectivity index (χ0) is 11.3. The van der Waals surface area contributed by atoms with Crippen LogP contribution in [0.4, 0.5) is 0 Å². The Morgan fingerprint density at radius 1 is 1.50 bits per heavy atom. The summed E-state index contributed by atoms with van der Waals surface area (Å²) in [6.45, 7) is 7.52. The fourth-order valence-electron chi connectivity index (χ4n) is 1.44. The van der Waals surface area contributed by atoms with E-state index in [0.29, 0.717) is 6.42 Å². The van der Waals surface area contributed by atoms with Gasteiger partial charge in [-0.2, -0.15) is 0 Å². The predicted molar refractivity (Wildman–Crippen MR) is 57.9 cm³/mol. The van der Waals surface area contributed by atoms with Crippen LogP contribution in [0.25, 0.3) is 0 Å². The van der Waals surface area contributed by atoms with Crippen LogP contribution < -0.4 is 0 Å². The first-order valence-corrected chi connectivity index (χ1v) is 4.96. The Morgan fingerprint density at radius 2 is 2.00 bits per heavy atom. The highest BCUT2D eigenvalue weighted by atomic mass is 16.3. The first kappa shape index (κ1) is 13.2. The van der Waals surface area contributed by atoms with Gasteiger partial charge in [-0.25, -0.2) is 0 Å². The van der Waals surface area contributed by atoms with Crippen molar-refractivity contribution in [3.63, 3.8) is 0 Å². The number of aliphatic hydroxyl groups is 1. The summed E-state index contributed by atoms with van der Waals surface area (Å²) in [5.41, 5.74) is 0.727. The fourth-order valence-corrected chi connectivity index (χ4v) is 1.44. The van der Waals surface area contributed by atoms with E-state index in [-0.39, 0.29) is 5.91 Å². The molecule has 0 aromatic carbocycles. The number of nitrogens with zero attached hydrogens (tertiary/aromatic N) is 1. The molecule has 0 aromatic heterocycles. The molecule has 0 radical (unpaired) electrons. The van der Waals surface area contributed by atoms with Gasteiger partial charge in [0.2, 0.25) is 5.91 Å². The van der Waals surface area contributed by atoms with Crippen LogP contribution in [0, 0.1) is 5.92 Å². The molecule has 0 aliphatic carbocycles. The summed E-state index contributed by atoms with van der Waals surface area (Å²) < 4.78 is 0. The second kappa shape index (κ2) is 5.81. The number of hydrogen-bond donors (Lipinski definition) is 1. The number of amides is 1. The van der Waals surface area contributed by atoms with E-state index in [2.05, 4.69) is 6.58 Å². The molecular weight excluding hydrogens is 178 g/mol. The van der Waals surface area contributed by atoms with Gasteiger partial charge in [-0.15, -0.1) is 0 Å². The molecule has 0 aliphatic rings. The number of aliphatic hydroxyl groups excluding tert-OH is 1. The molecule has 0 bridgehead atoms. The van der Waals surface area contributed by atoms with Crippen LogP contribution in [0.5, 0.6) is 0 Å². The molecule has 0 rings (SSSR count). The molecule has 3 nitrogen and oxygen atoms in total. The molecule has 0 saturated heterocycles. The van der Waals surface area contributed by atoms with Crippen LogP contribution in [-0.2, 0) is 4.79 Å². The number of rotatable bonds is 5. The Bertz CT molecular complexity index is 211. The lowest BCUT2D eigenvalue weighted by Gasteiger charge is -2.25. The normalized spacial score (nSPS) is 14.6. The van der Waals surface area contributed by atoms with E-state index in [1.807, 2.05) is 6.92 Å². The molecule has 0 aliphatic heterocycles. The van der Waals surface area contributed by atoms with Gasteiger partial charge in [-0.3, -0.25) is 4.79 Å². The maximum Gasteiger partial charge on any atom is 0.231 e. The Labute approximate surface area is 86.4 Å². The Hall–Kier alpha value is -0.830. The zero-order valence-corrected chi connectivity index (χ0v) is 9.58. The van der Waals surface area contributed by atoms with Crippen molar-refractivity contribution in [1.29, 1.82) is 0 Å². The fraction of sp³-hybridized carbons (Fsp3) is 0.727. The third kappa shape index (κ3) is 3.50. The monoisotopic (exact) mass is 199 g/mol. The van der Waals surface area contributed by atoms with E-state index in [4.69, 9.17) is 0 Å². The summed E-state index contributed by atoms with van der Waals surface area (Å²) in [5, 5.41) is 9.79. The maximum atomic E-state index is 11.7. The minimum atomic E-state index is -0.604. The second-order valence-corrected chi connectivity index (χ2v) is 3.91. The average molecular weight is 199 g/mol. The smallest absolute Gasteiger partial charge is 0.231 e. The third-order valence-corrected chi connectivity index (χ3v) is 2.21. The lowest BCUT2D eigenvalue weighted by molar-refractivity contribution is -0.135. The Morgan fingerprint density at radius 3 is 2.29 bits per heavy atom. The highest BCUT2D eigenvalue weighted by molar-refractivity contribution is 5.81. The molecule has 0 spiro atoms. The number of hydrogen-bond acceptors (Lipinski definition) is 2. The average Bonchev–Trinajstić information content (AvgIpc) is 2.03. The van der Waals surface area contributed by atoms with Crippen molar-refractivity contribution in [3.8, 4) is 0 Å². The van der Waals surface area contributed by atoms with Crippen LogP contribution >= 0.6 is 0 Å². The maximum absolute atomic E-state index is 11.7. The summed E-state index contributed by atoms with van der Waals surface area (Å²) in [6, 6.07) is 0. The van der Waals surface area contributed by atoms with Crippen molar-refractivity contribution in [2.24, 2.45) is 5.92 Å². The van der Waals surface area contributed by atoms with Crippen LogP contribution in [-0.4, -0.2) is 36.1 Å². The SMILES string of the molecule is C=C(C)[C@@H](C(=O)N(C)C)[C@@H](O)CCC. The highest BCUT2D eigenvalue weighted by Crippen LogP contribution is 2.19. The van der Waals surface area contributed by atoms with Gasteiger partial charge < -0.3 is 10.0 Å². The van der Waals surface area contributed by atoms with Crippen molar-refractivity contribution in [3.05, 3.63) is 12.2 Å². The van der Waals surface area contributed by atoms with Gasteiger partial charge in [-0.05, 0) is 13.3 Å². The van der Waals surface area contributed by atoms with Crippen molar-refractivity contribution < 1.29 is 9.90 Å². The molecule has 0 fully saturated rings. The van der Waals surface area contributed by atoms with Gasteiger partial charge in [0.1, 0.15) is 0 Å². The lowest BCUT2D eigenvalue weighted by atomic mass is 9.91. The molecule has 82 valence electrons. The molecule has 3 heteroatoms. The van der Waals surface area contributed by atoms with E-state index >= 15 is 0 Å². The van der Waals surface area contributed by atoms with Crippen LogP contribution in [0.3, 0.4) is 0 Å². The van der Waals surface area contributed by atoms with Gasteiger partial charge in [0.05, 0.1) is 12.0 Å². The standard InChI is InChI=1S/C11H21NO2/c1-6-7-9(13)10(8(2)3)11(14)12(4)5/h9-10,13H,2,6-7H2,1,3-5H3/t9-,10+/m0/s1. The van der Waals surface area contributed by atoms with Gasteiger partial charge in [0.25, 0.3) is 0 Å². The molecule has 0 aromatic rings. The third-order valence-electron chi connectivity index (χ3n) is 2.21. The molecule has 14 heavy (non-hydrogen) atoms. The zero-order valence-electron chi connectivity index (χ0n) is 9.58. The van der Waals surface area contributed by atoms with E-state index in [1.165, 1.54) is 4.90 Å². The quantitative estimate of drug-likeness (QED) is 0.680. The van der Waals surface area contributed by atoms with Crippen LogP contribution in [0.2, 0.25) is 0 Å². The highest BCUT2D eigenvalue weighted by Gasteiger charge is 2.27. The van der Waals surface area contributed by atoms with Crippen LogP contribution in [0.1, 0.15) is 26.7 Å². The van der Waals surface area contributed by atoms with Crippen molar-refractivity contribution in [2.45, 2.75) is 32.8 Å². The molecule has 0 saturated carbocycles. The van der Waals surface area contributed by atoms with Crippen molar-refractivity contribution in [2.75, 3.05) is 14.1 Å². The van der Waals surface area contributed by atoms with Crippen molar-refractivity contribution >= 4 is 5.91 Å². The second-order valence-electron chi connectivity index (χ2n) is 3.91. The molecule has 2 atom stereocenters. The van der Waals surface area contributed by atoms with Gasteiger partial charge in [0, 0.05) is 14.1 Å². The summed E-state index contributed by atoms with van der Waals surface area (Å²) >= 11 is 0. The summed E-state index contributed by atoms with van der Waals surface area (Å²) in [6.07, 6.45) is 0.898. The first-order valence-electron chi connectivity index (χ1n) is 4.96. The van der Waals surface area contributed by atoms with Gasteiger partial charge >= 0.3 is 0 Å². The molecule has 0 unspecified atom stereocenters. The lowest BCUT2D eigenvalue weighted by Crippen LogP contribution is -2.37. The van der Waals surface area contributed by atoms with E-state index in [0.717, 1.165) is 12.0 Å². The van der Waals surface area contributed by atoms with Crippen molar-refractivity contribution in [1.82, 2.24) is 4.90 Å². The minimum absolute atomic E-state index is 0.0709. The van der Waals surface area contributed by atoms with E-state index in [9.17, 15) is 9.90 Å². The van der Waals surface area contributed by atoms with Crippen LogP contribution in [0.15, 0.2) is 12.2 Å². The Balaban J connectivity index is 4.59. The number of carbonyl (C=O) groups is 1. The summed E-state index contributed by atoms with van der Waals surface area (Å²) in [5.74, 6) is -0.525. The molecule has 1 amide bonds. The molecular formula is C11H21NO2. The summed E-state index contributed by atoms with van der Waals surface area (Å²) in [4.78, 5) is 13.2. The number of carbonyl (C=O) groups excluding carboxylic acids is 1. The van der Waals surface area contributed by atoms with E-state index < -0.39 is 12.0 Å². The predicted octanol–water partition coefficient (Wildman–Crippen LogP) is 1.43. The summed E-state index contributed by atoms with van der Waals surface area (Å²) in [7, 11) is 3.38. The molecule has 0 heterocycles. The molecule has 1 N–H and O–H groups in total. The first-order chi connectivity index (χ1) is 6.41. The topological polar surface area (TPSA) is 40.5 Å². The minimum Gasteiger partial charge on any atom is -0.392 e. The van der Waals surface area contributed by atoms with Gasteiger partial charge in [0.15, 0.2) is 0 Å².